The van der Waals surface area contributed by atoms with Crippen molar-refractivity contribution < 1.29 is 19.4 Å². The van der Waals surface area contributed by atoms with Gasteiger partial charge in [0.25, 0.3) is 11.7 Å². The van der Waals surface area contributed by atoms with Gasteiger partial charge in [0.05, 0.1) is 24.8 Å². The molecule has 32 heavy (non-hydrogen) atoms. The first kappa shape index (κ1) is 22.6. The van der Waals surface area contributed by atoms with Gasteiger partial charge in [0.1, 0.15) is 5.76 Å². The van der Waals surface area contributed by atoms with Crippen LogP contribution in [-0.2, 0) is 14.3 Å². The van der Waals surface area contributed by atoms with E-state index in [9.17, 15) is 14.7 Å². The van der Waals surface area contributed by atoms with Crippen LogP contribution < -0.4 is 0 Å². The summed E-state index contributed by atoms with van der Waals surface area (Å²) in [6.45, 7) is 9.54. The molecule has 0 bridgehead atoms. The molecule has 8 heteroatoms. The lowest BCUT2D eigenvalue weighted by molar-refractivity contribution is -0.140. The number of nitrogens with one attached hydrogen (secondary N) is 1. The fourth-order valence-electron chi connectivity index (χ4n) is 4.57. The minimum atomic E-state index is -0.678. The Bertz CT molecular complexity index is 1070. The summed E-state index contributed by atoms with van der Waals surface area (Å²) < 4.78 is 5.40. The van der Waals surface area contributed by atoms with E-state index in [1.807, 2.05) is 20.8 Å². The number of Topliss-reactive ketones (excluding diaryl/α,β-unsaturated/α-hetero) is 1. The molecule has 0 radical (unpaired) electrons. The predicted octanol–water partition coefficient (Wildman–Crippen LogP) is 3.35. The van der Waals surface area contributed by atoms with Gasteiger partial charge in [0.15, 0.2) is 0 Å². The van der Waals surface area contributed by atoms with Gasteiger partial charge in [-0.1, -0.05) is 23.7 Å². The highest BCUT2D eigenvalue weighted by Crippen LogP contribution is 2.40. The van der Waals surface area contributed by atoms with Crippen LogP contribution in [-0.4, -0.2) is 71.0 Å². The number of carbonyl (C=O) groups is 2. The standard InChI is InChI=1S/C24H28ClN3O4/c1-14-15(2)26-16(3)19(14)22(29)20-21(17-4-6-18(25)7-5-17)28(24(31)23(20)30)9-8-27-10-12-32-13-11-27/h4-7,21,26,29H,8-13H2,1-3H3/b22-20+. The maximum Gasteiger partial charge on any atom is 0.295 e. The molecule has 0 spiro atoms. The molecule has 0 saturated carbocycles. The number of carbonyl (C=O) groups excluding carboxylic acids is 2. The van der Waals surface area contributed by atoms with Gasteiger partial charge in [-0.15, -0.1) is 0 Å². The first-order valence-electron chi connectivity index (χ1n) is 10.8. The number of nitrogens with zero attached hydrogens (tertiary/aromatic N) is 2. The zero-order chi connectivity index (χ0) is 23.0. The normalized spacial score (nSPS) is 21.5. The Hall–Kier alpha value is -2.61. The highest BCUT2D eigenvalue weighted by Gasteiger charge is 2.46. The SMILES string of the molecule is Cc1[nH]c(C)c(/C(O)=C2\C(=O)C(=O)N(CCN3CCOCC3)C2c2ccc(Cl)cc2)c1C. The Kier molecular flexibility index (Phi) is 6.42. The van der Waals surface area contributed by atoms with Gasteiger partial charge in [0.2, 0.25) is 0 Å². The average molecular weight is 458 g/mol. The minimum Gasteiger partial charge on any atom is -0.507 e. The zero-order valence-electron chi connectivity index (χ0n) is 18.6. The molecular weight excluding hydrogens is 430 g/mol. The van der Waals surface area contributed by atoms with E-state index in [0.717, 1.165) is 35.6 Å². The maximum absolute atomic E-state index is 13.2. The van der Waals surface area contributed by atoms with Crippen LogP contribution in [0.1, 0.15) is 34.1 Å². The lowest BCUT2D eigenvalue weighted by Gasteiger charge is -2.31. The molecule has 2 aliphatic heterocycles. The number of hydrogen-bond donors (Lipinski definition) is 2. The molecular formula is C24H28ClN3O4. The van der Waals surface area contributed by atoms with Crippen LogP contribution in [0.3, 0.4) is 0 Å². The number of morpholine rings is 1. The van der Waals surface area contributed by atoms with Gasteiger partial charge in [-0.05, 0) is 44.0 Å². The summed E-state index contributed by atoms with van der Waals surface area (Å²) >= 11 is 6.08. The Balaban J connectivity index is 1.77. The fraction of sp³-hybridized carbons (Fsp3) is 0.417. The minimum absolute atomic E-state index is 0.115. The predicted molar refractivity (Wildman–Crippen MR) is 123 cm³/mol. The summed E-state index contributed by atoms with van der Waals surface area (Å²) in [6, 6.07) is 6.39. The number of likely N-dealkylation sites (tertiary alicyclic amines) is 1. The van der Waals surface area contributed by atoms with Crippen molar-refractivity contribution in [2.24, 2.45) is 0 Å². The lowest BCUT2D eigenvalue weighted by atomic mass is 9.94. The number of aliphatic hydroxyl groups excluding tert-OH is 1. The molecule has 2 saturated heterocycles. The van der Waals surface area contributed by atoms with Gasteiger partial charge >= 0.3 is 0 Å². The van der Waals surface area contributed by atoms with Crippen molar-refractivity contribution in [1.82, 2.24) is 14.8 Å². The summed E-state index contributed by atoms with van der Waals surface area (Å²) in [5.41, 5.74) is 3.95. The second-order valence-corrected chi connectivity index (χ2v) is 8.81. The summed E-state index contributed by atoms with van der Waals surface area (Å²) in [7, 11) is 0. The number of hydrogen-bond acceptors (Lipinski definition) is 5. The monoisotopic (exact) mass is 457 g/mol. The quantitative estimate of drug-likeness (QED) is 0.408. The molecule has 0 aliphatic carbocycles. The number of rotatable bonds is 5. The number of halogens is 1. The van der Waals surface area contributed by atoms with Crippen molar-refractivity contribution in [3.63, 3.8) is 0 Å². The Morgan fingerprint density at radius 3 is 2.34 bits per heavy atom. The third-order valence-electron chi connectivity index (χ3n) is 6.41. The first-order valence-corrected chi connectivity index (χ1v) is 11.2. The molecule has 1 atom stereocenters. The van der Waals surface area contributed by atoms with Crippen LogP contribution >= 0.6 is 11.6 Å². The Morgan fingerprint density at radius 1 is 1.09 bits per heavy atom. The number of aryl methyl sites for hydroxylation is 2. The van der Waals surface area contributed by atoms with E-state index in [-0.39, 0.29) is 11.3 Å². The third-order valence-corrected chi connectivity index (χ3v) is 6.66. The molecule has 1 amide bonds. The highest BCUT2D eigenvalue weighted by atomic mass is 35.5. The fourth-order valence-corrected chi connectivity index (χ4v) is 4.70. The van der Waals surface area contributed by atoms with Crippen LogP contribution in [0, 0.1) is 20.8 Å². The molecule has 1 aromatic heterocycles. The molecule has 2 fully saturated rings. The topological polar surface area (TPSA) is 85.9 Å². The highest BCUT2D eigenvalue weighted by molar-refractivity contribution is 6.46. The first-order chi connectivity index (χ1) is 15.3. The molecule has 1 unspecified atom stereocenters. The number of ether oxygens (including phenoxy) is 1. The molecule has 7 nitrogen and oxygen atoms in total. The average Bonchev–Trinajstić information content (AvgIpc) is 3.18. The maximum atomic E-state index is 13.2. The molecule has 3 heterocycles. The molecule has 2 aliphatic rings. The number of ketones is 1. The number of H-pyrrole nitrogens is 1. The van der Waals surface area contributed by atoms with Crippen LogP contribution in [0.15, 0.2) is 29.8 Å². The third kappa shape index (κ3) is 4.08. The van der Waals surface area contributed by atoms with Crippen molar-refractivity contribution in [3.8, 4) is 0 Å². The largest absolute Gasteiger partial charge is 0.507 e. The summed E-state index contributed by atoms with van der Waals surface area (Å²) in [5.74, 6) is -1.40. The summed E-state index contributed by atoms with van der Waals surface area (Å²) in [5, 5.41) is 11.9. The van der Waals surface area contributed by atoms with E-state index < -0.39 is 17.7 Å². The number of benzene rings is 1. The number of aromatic nitrogens is 1. The lowest BCUT2D eigenvalue weighted by Crippen LogP contribution is -2.42. The van der Waals surface area contributed by atoms with E-state index in [1.165, 1.54) is 0 Å². The molecule has 1 aromatic carbocycles. The van der Waals surface area contributed by atoms with Crippen LogP contribution in [0.2, 0.25) is 5.02 Å². The van der Waals surface area contributed by atoms with E-state index in [0.29, 0.717) is 36.9 Å². The molecule has 4 rings (SSSR count). The van der Waals surface area contributed by atoms with Crippen molar-refractivity contribution in [2.75, 3.05) is 39.4 Å². The smallest absolute Gasteiger partial charge is 0.295 e. The van der Waals surface area contributed by atoms with Gasteiger partial charge < -0.3 is 19.7 Å². The number of aliphatic hydroxyl groups is 1. The van der Waals surface area contributed by atoms with Crippen LogP contribution in [0.4, 0.5) is 0 Å². The summed E-state index contributed by atoms with van der Waals surface area (Å²) in [4.78, 5) is 33.3. The van der Waals surface area contributed by atoms with Gasteiger partial charge in [0, 0.05) is 48.2 Å². The zero-order valence-corrected chi connectivity index (χ0v) is 19.3. The van der Waals surface area contributed by atoms with Crippen molar-refractivity contribution in [3.05, 3.63) is 62.9 Å². The van der Waals surface area contributed by atoms with Gasteiger partial charge in [-0.3, -0.25) is 14.5 Å². The molecule has 2 aromatic rings. The second kappa shape index (κ2) is 9.10. The van der Waals surface area contributed by atoms with E-state index in [1.54, 1.807) is 29.2 Å². The van der Waals surface area contributed by atoms with Gasteiger partial charge in [-0.25, -0.2) is 0 Å². The summed E-state index contributed by atoms with van der Waals surface area (Å²) in [6.07, 6.45) is 0. The Labute approximate surface area is 192 Å². The van der Waals surface area contributed by atoms with Crippen LogP contribution in [0.25, 0.3) is 5.76 Å². The number of amides is 1. The van der Waals surface area contributed by atoms with Crippen molar-refractivity contribution >= 4 is 29.1 Å². The van der Waals surface area contributed by atoms with Crippen LogP contribution in [0.5, 0.6) is 0 Å². The molecule has 170 valence electrons. The van der Waals surface area contributed by atoms with Gasteiger partial charge in [-0.2, -0.15) is 0 Å². The number of aromatic amines is 1. The van der Waals surface area contributed by atoms with Crippen molar-refractivity contribution in [2.45, 2.75) is 26.8 Å². The van der Waals surface area contributed by atoms with E-state index in [2.05, 4.69) is 9.88 Å². The van der Waals surface area contributed by atoms with E-state index >= 15 is 0 Å². The molecule has 2 N–H and O–H groups in total. The second-order valence-electron chi connectivity index (χ2n) is 8.37. The van der Waals surface area contributed by atoms with Crippen molar-refractivity contribution in [1.29, 1.82) is 0 Å². The van der Waals surface area contributed by atoms with E-state index in [4.69, 9.17) is 16.3 Å². The Morgan fingerprint density at radius 2 is 1.75 bits per heavy atom.